The van der Waals surface area contributed by atoms with E-state index in [-0.39, 0.29) is 30.1 Å². The molecule has 9 heteroatoms. The lowest BCUT2D eigenvalue weighted by atomic mass is 10.1. The first-order chi connectivity index (χ1) is 12.3. The number of aliphatic imine (C=N–C) groups is 1. The number of hydrogen-bond donors (Lipinski definition) is 1. The van der Waals surface area contributed by atoms with E-state index in [4.69, 9.17) is 19.9 Å². The van der Waals surface area contributed by atoms with Crippen LogP contribution in [0.15, 0.2) is 4.99 Å². The summed E-state index contributed by atoms with van der Waals surface area (Å²) in [5, 5.41) is 0. The van der Waals surface area contributed by atoms with E-state index in [1.165, 1.54) is 0 Å². The number of guanidine groups is 1. The summed E-state index contributed by atoms with van der Waals surface area (Å²) in [5.74, 6) is 1.09. The fraction of sp³-hybridized carbons (Fsp3) is 0.889. The Morgan fingerprint density at radius 2 is 1.89 bits per heavy atom. The molecule has 2 heterocycles. The molecule has 0 spiro atoms. The van der Waals surface area contributed by atoms with Crippen molar-refractivity contribution >= 4 is 36.0 Å². The maximum Gasteiger partial charge on any atom is 0.410 e. The van der Waals surface area contributed by atoms with Gasteiger partial charge in [0, 0.05) is 51.9 Å². The SMILES string of the molecule is CC(C)(C)OC(=O)N1CCN(C(N)=NCCCOCC2CCOC2)CC1.I. The zero-order valence-corrected chi connectivity index (χ0v) is 19.1. The lowest BCUT2D eigenvalue weighted by Gasteiger charge is -2.36. The van der Waals surface area contributed by atoms with Gasteiger partial charge in [-0.05, 0) is 33.6 Å². The van der Waals surface area contributed by atoms with Crippen LogP contribution in [0.5, 0.6) is 0 Å². The molecule has 1 amide bonds. The molecule has 0 aromatic rings. The molecule has 2 N–H and O–H groups in total. The van der Waals surface area contributed by atoms with Gasteiger partial charge in [-0.15, -0.1) is 24.0 Å². The van der Waals surface area contributed by atoms with Gasteiger partial charge in [0.2, 0.25) is 0 Å². The third kappa shape index (κ3) is 9.29. The number of nitrogens with two attached hydrogens (primary N) is 1. The number of halogens is 1. The number of piperazine rings is 1. The van der Waals surface area contributed by atoms with Gasteiger partial charge >= 0.3 is 6.09 Å². The minimum Gasteiger partial charge on any atom is -0.444 e. The van der Waals surface area contributed by atoms with Gasteiger partial charge in [-0.25, -0.2) is 4.79 Å². The van der Waals surface area contributed by atoms with E-state index in [9.17, 15) is 4.79 Å². The minimum atomic E-state index is -0.471. The second-order valence-corrected chi connectivity index (χ2v) is 7.85. The highest BCUT2D eigenvalue weighted by atomic mass is 127. The van der Waals surface area contributed by atoms with E-state index >= 15 is 0 Å². The molecule has 1 atom stereocenters. The molecule has 2 saturated heterocycles. The van der Waals surface area contributed by atoms with Gasteiger partial charge in [0.05, 0.1) is 13.2 Å². The fourth-order valence-corrected chi connectivity index (χ4v) is 2.87. The monoisotopic (exact) mass is 498 g/mol. The Morgan fingerprint density at radius 1 is 1.22 bits per heavy atom. The summed E-state index contributed by atoms with van der Waals surface area (Å²) in [6.45, 7) is 11.9. The summed E-state index contributed by atoms with van der Waals surface area (Å²) in [4.78, 5) is 20.2. The Kier molecular flexibility index (Phi) is 10.7. The van der Waals surface area contributed by atoms with Crippen LogP contribution in [-0.4, -0.2) is 86.6 Å². The van der Waals surface area contributed by atoms with Crippen molar-refractivity contribution in [3.8, 4) is 0 Å². The van der Waals surface area contributed by atoms with Crippen molar-refractivity contribution < 1.29 is 19.0 Å². The molecule has 2 fully saturated rings. The highest BCUT2D eigenvalue weighted by Gasteiger charge is 2.26. The third-order valence-corrected chi connectivity index (χ3v) is 4.35. The molecule has 0 bridgehead atoms. The van der Waals surface area contributed by atoms with Crippen LogP contribution in [0.1, 0.15) is 33.6 Å². The Bertz CT molecular complexity index is 470. The average molecular weight is 498 g/mol. The van der Waals surface area contributed by atoms with Crippen molar-refractivity contribution in [1.29, 1.82) is 0 Å². The molecule has 0 aliphatic carbocycles. The van der Waals surface area contributed by atoms with Crippen LogP contribution in [0.3, 0.4) is 0 Å². The quantitative estimate of drug-likeness (QED) is 0.261. The largest absolute Gasteiger partial charge is 0.444 e. The number of rotatable bonds is 6. The van der Waals surface area contributed by atoms with Crippen LogP contribution >= 0.6 is 24.0 Å². The van der Waals surface area contributed by atoms with Crippen molar-refractivity contribution in [1.82, 2.24) is 9.80 Å². The van der Waals surface area contributed by atoms with E-state index in [1.54, 1.807) is 4.90 Å². The zero-order chi connectivity index (χ0) is 19.0. The van der Waals surface area contributed by atoms with Crippen LogP contribution in [-0.2, 0) is 14.2 Å². The zero-order valence-electron chi connectivity index (χ0n) is 16.8. The molecule has 0 aromatic carbocycles. The predicted molar refractivity (Wildman–Crippen MR) is 116 cm³/mol. The van der Waals surface area contributed by atoms with Gasteiger partial charge in [-0.1, -0.05) is 0 Å². The molecule has 158 valence electrons. The number of carbonyl (C=O) groups excluding carboxylic acids is 1. The molecular weight excluding hydrogens is 463 g/mol. The van der Waals surface area contributed by atoms with Gasteiger partial charge in [-0.2, -0.15) is 0 Å². The Labute approximate surface area is 179 Å². The second-order valence-electron chi connectivity index (χ2n) is 7.85. The van der Waals surface area contributed by atoms with Gasteiger partial charge < -0.3 is 29.7 Å². The molecular formula is C18H35IN4O4. The van der Waals surface area contributed by atoms with E-state index in [2.05, 4.69) is 4.99 Å². The Balaban J connectivity index is 0.00000364. The van der Waals surface area contributed by atoms with E-state index < -0.39 is 5.60 Å². The highest BCUT2D eigenvalue weighted by molar-refractivity contribution is 14.0. The van der Waals surface area contributed by atoms with E-state index in [1.807, 2.05) is 25.7 Å². The van der Waals surface area contributed by atoms with Crippen molar-refractivity contribution in [2.45, 2.75) is 39.2 Å². The molecule has 2 aliphatic rings. The van der Waals surface area contributed by atoms with Crippen LogP contribution < -0.4 is 5.73 Å². The van der Waals surface area contributed by atoms with Crippen molar-refractivity contribution in [2.75, 3.05) is 59.2 Å². The molecule has 8 nitrogen and oxygen atoms in total. The number of carbonyl (C=O) groups is 1. The first kappa shape index (κ1) is 24.2. The molecule has 0 aromatic heterocycles. The molecule has 0 saturated carbocycles. The summed E-state index contributed by atoms with van der Waals surface area (Å²) >= 11 is 0. The lowest BCUT2D eigenvalue weighted by Crippen LogP contribution is -2.53. The van der Waals surface area contributed by atoms with Crippen molar-refractivity contribution in [3.05, 3.63) is 0 Å². The van der Waals surface area contributed by atoms with Gasteiger partial charge in [0.25, 0.3) is 0 Å². The molecule has 1 unspecified atom stereocenters. The topological polar surface area (TPSA) is 89.6 Å². The van der Waals surface area contributed by atoms with Crippen LogP contribution in [0.2, 0.25) is 0 Å². The summed E-state index contributed by atoms with van der Waals surface area (Å²) in [5.41, 5.74) is 5.60. The normalized spacial score (nSPS) is 21.1. The van der Waals surface area contributed by atoms with Crippen LogP contribution in [0.25, 0.3) is 0 Å². The smallest absolute Gasteiger partial charge is 0.410 e. The maximum atomic E-state index is 12.1. The Hall–Kier alpha value is -0.810. The molecule has 2 rings (SSSR count). The maximum absolute atomic E-state index is 12.1. The third-order valence-electron chi connectivity index (χ3n) is 4.35. The van der Waals surface area contributed by atoms with Crippen LogP contribution in [0, 0.1) is 5.92 Å². The summed E-state index contributed by atoms with van der Waals surface area (Å²) < 4.78 is 16.4. The predicted octanol–water partition coefficient (Wildman–Crippen LogP) is 1.91. The Morgan fingerprint density at radius 3 is 2.48 bits per heavy atom. The second kappa shape index (κ2) is 11.9. The molecule has 0 radical (unpaired) electrons. The first-order valence-corrected chi connectivity index (χ1v) is 9.53. The van der Waals surface area contributed by atoms with Gasteiger partial charge in [-0.3, -0.25) is 4.99 Å². The fourth-order valence-electron chi connectivity index (χ4n) is 2.87. The summed E-state index contributed by atoms with van der Waals surface area (Å²) in [7, 11) is 0. The highest BCUT2D eigenvalue weighted by Crippen LogP contribution is 2.13. The number of hydrogen-bond acceptors (Lipinski definition) is 5. The number of nitrogens with zero attached hydrogens (tertiary/aromatic N) is 3. The van der Waals surface area contributed by atoms with Gasteiger partial charge in [0.15, 0.2) is 5.96 Å². The van der Waals surface area contributed by atoms with Crippen molar-refractivity contribution in [3.63, 3.8) is 0 Å². The number of amides is 1. The summed E-state index contributed by atoms with van der Waals surface area (Å²) in [6.07, 6.45) is 1.68. The average Bonchev–Trinajstić information content (AvgIpc) is 3.10. The van der Waals surface area contributed by atoms with Crippen LogP contribution in [0.4, 0.5) is 4.79 Å². The lowest BCUT2D eigenvalue weighted by molar-refractivity contribution is 0.0186. The first-order valence-electron chi connectivity index (χ1n) is 9.53. The molecule has 2 aliphatic heterocycles. The van der Waals surface area contributed by atoms with Gasteiger partial charge in [0.1, 0.15) is 5.60 Å². The minimum absolute atomic E-state index is 0. The van der Waals surface area contributed by atoms with Crippen molar-refractivity contribution in [2.24, 2.45) is 16.6 Å². The molecule has 27 heavy (non-hydrogen) atoms. The van der Waals surface area contributed by atoms with E-state index in [0.29, 0.717) is 51.2 Å². The van der Waals surface area contributed by atoms with E-state index in [0.717, 1.165) is 32.7 Å². The summed E-state index contributed by atoms with van der Waals surface area (Å²) in [6, 6.07) is 0. The number of ether oxygens (including phenoxy) is 3. The standard InChI is InChI=1S/C18H34N4O4.HI/c1-18(2,3)26-17(23)22-9-7-21(8-10-22)16(19)20-6-4-11-24-13-15-5-12-25-14-15;/h15H,4-14H2,1-3H3,(H2,19,20);1H.